The third-order valence-electron chi connectivity index (χ3n) is 1.16. The molecule has 6 N–H and O–H groups in total. The minimum absolute atomic E-state index is 0.403. The van der Waals surface area contributed by atoms with Crippen molar-refractivity contribution in [1.82, 2.24) is 0 Å². The van der Waals surface area contributed by atoms with Crippen LogP contribution in [0.1, 0.15) is 0 Å². The summed E-state index contributed by atoms with van der Waals surface area (Å²) in [6.45, 7) is 0. The first-order valence-corrected chi connectivity index (χ1v) is 2.76. The Labute approximate surface area is 58.5 Å². The Morgan fingerprint density at radius 3 is 2.40 bits per heavy atom. The minimum atomic E-state index is 0.403. The summed E-state index contributed by atoms with van der Waals surface area (Å²) in [7, 11) is 0. The van der Waals surface area contributed by atoms with Gasteiger partial charge < -0.3 is 16.3 Å². The van der Waals surface area contributed by atoms with Gasteiger partial charge in [0.25, 0.3) is 0 Å². The summed E-state index contributed by atoms with van der Waals surface area (Å²) in [5, 5.41) is 0. The summed E-state index contributed by atoms with van der Waals surface area (Å²) in [5.74, 6) is 5.29. The number of rotatable bonds is 1. The molecule has 0 aliphatic heterocycles. The molecule has 0 aromatic heterocycles. The van der Waals surface area contributed by atoms with Crippen LogP contribution >= 0.6 is 0 Å². The average molecular weight is 139 g/mol. The first kappa shape index (κ1) is 6.70. The van der Waals surface area contributed by atoms with Crippen molar-refractivity contribution in [2.24, 2.45) is 5.90 Å². The Bertz CT molecular complexity index is 236. The van der Waals surface area contributed by atoms with Gasteiger partial charge in [0.1, 0.15) is 0 Å². The van der Waals surface area contributed by atoms with E-state index in [1.54, 1.807) is 18.2 Å². The molecule has 0 unspecified atom stereocenters. The van der Waals surface area contributed by atoms with Crippen molar-refractivity contribution in [2.75, 3.05) is 11.5 Å². The number of benzene rings is 1. The predicted molar refractivity (Wildman–Crippen MR) is 40.1 cm³/mol. The van der Waals surface area contributed by atoms with Crippen molar-refractivity contribution in [1.29, 1.82) is 0 Å². The van der Waals surface area contributed by atoms with E-state index in [1.165, 1.54) is 0 Å². The van der Waals surface area contributed by atoms with Crippen LogP contribution in [0.4, 0.5) is 11.4 Å². The molecular weight excluding hydrogens is 130 g/mol. The fourth-order valence-electron chi connectivity index (χ4n) is 0.653. The highest BCUT2D eigenvalue weighted by atomic mass is 16.6. The maximum Gasteiger partial charge on any atom is 0.171 e. The Hall–Kier alpha value is -1.42. The molecule has 0 saturated heterocycles. The fourth-order valence-corrected chi connectivity index (χ4v) is 0.653. The third-order valence-corrected chi connectivity index (χ3v) is 1.16. The molecular formula is C6H9N3O. The highest BCUT2D eigenvalue weighted by Crippen LogP contribution is 2.22. The van der Waals surface area contributed by atoms with E-state index in [-0.39, 0.29) is 0 Å². The van der Waals surface area contributed by atoms with Gasteiger partial charge in [-0.3, -0.25) is 0 Å². The zero-order valence-corrected chi connectivity index (χ0v) is 5.37. The molecule has 0 amide bonds. The summed E-state index contributed by atoms with van der Waals surface area (Å²) in [6, 6.07) is 4.88. The molecule has 4 heteroatoms. The fraction of sp³-hybridized carbons (Fsp3) is 0. The van der Waals surface area contributed by atoms with E-state index in [0.29, 0.717) is 17.1 Å². The van der Waals surface area contributed by atoms with Gasteiger partial charge in [0.2, 0.25) is 0 Å². The second-order valence-electron chi connectivity index (χ2n) is 1.92. The molecule has 1 aromatic rings. The molecule has 0 fully saturated rings. The van der Waals surface area contributed by atoms with E-state index in [1.807, 2.05) is 0 Å². The molecule has 1 aromatic carbocycles. The van der Waals surface area contributed by atoms with Gasteiger partial charge >= 0.3 is 0 Å². The van der Waals surface area contributed by atoms with Crippen molar-refractivity contribution in [3.8, 4) is 5.75 Å². The van der Waals surface area contributed by atoms with Gasteiger partial charge in [0.05, 0.1) is 5.69 Å². The second-order valence-corrected chi connectivity index (χ2v) is 1.92. The number of hydrogen-bond acceptors (Lipinski definition) is 4. The normalized spacial score (nSPS) is 9.30. The van der Waals surface area contributed by atoms with Crippen LogP contribution in [0.25, 0.3) is 0 Å². The average Bonchev–Trinajstić information content (AvgIpc) is 1.94. The van der Waals surface area contributed by atoms with Crippen LogP contribution < -0.4 is 22.2 Å². The van der Waals surface area contributed by atoms with Gasteiger partial charge in [0.15, 0.2) is 5.75 Å². The van der Waals surface area contributed by atoms with Crippen molar-refractivity contribution in [3.05, 3.63) is 18.2 Å². The van der Waals surface area contributed by atoms with Crippen molar-refractivity contribution < 1.29 is 4.84 Å². The van der Waals surface area contributed by atoms with Gasteiger partial charge in [-0.05, 0) is 12.1 Å². The third kappa shape index (κ3) is 1.11. The van der Waals surface area contributed by atoms with Gasteiger partial charge in [-0.2, -0.15) is 5.90 Å². The summed E-state index contributed by atoms with van der Waals surface area (Å²) in [5.41, 5.74) is 11.9. The molecule has 0 bridgehead atoms. The van der Waals surface area contributed by atoms with Crippen molar-refractivity contribution in [2.45, 2.75) is 0 Å². The predicted octanol–water partition coefficient (Wildman–Crippen LogP) is 0.103. The lowest BCUT2D eigenvalue weighted by atomic mass is 10.3. The van der Waals surface area contributed by atoms with Gasteiger partial charge in [-0.1, -0.05) is 0 Å². The van der Waals surface area contributed by atoms with E-state index in [2.05, 4.69) is 4.84 Å². The van der Waals surface area contributed by atoms with Crippen LogP contribution in [0.3, 0.4) is 0 Å². The van der Waals surface area contributed by atoms with E-state index < -0.39 is 0 Å². The molecule has 4 nitrogen and oxygen atoms in total. The Balaban J connectivity index is 3.09. The highest BCUT2D eigenvalue weighted by Gasteiger charge is 1.97. The van der Waals surface area contributed by atoms with Crippen LogP contribution in [0.5, 0.6) is 5.75 Å². The monoisotopic (exact) mass is 139 g/mol. The zero-order chi connectivity index (χ0) is 7.56. The maximum atomic E-state index is 5.44. The summed E-state index contributed by atoms with van der Waals surface area (Å²) in [6.07, 6.45) is 0. The SMILES string of the molecule is NOc1cc(N)ccc1N. The van der Waals surface area contributed by atoms with Crippen LogP contribution in [-0.4, -0.2) is 0 Å². The largest absolute Gasteiger partial charge is 0.409 e. The maximum absolute atomic E-state index is 5.44. The standard InChI is InChI=1S/C6H9N3O/c7-4-1-2-5(8)6(3-4)10-9/h1-3H,7-9H2. The second kappa shape index (κ2) is 2.45. The number of anilines is 2. The number of nitrogens with two attached hydrogens (primary N) is 3. The molecule has 10 heavy (non-hydrogen) atoms. The number of nitrogen functional groups attached to an aromatic ring is 2. The van der Waals surface area contributed by atoms with Gasteiger partial charge in [-0.25, -0.2) is 0 Å². The molecule has 0 heterocycles. The molecule has 0 saturated carbocycles. The molecule has 1 rings (SSSR count). The van der Waals surface area contributed by atoms with E-state index in [9.17, 15) is 0 Å². The molecule has 0 spiro atoms. The molecule has 0 atom stereocenters. The zero-order valence-electron chi connectivity index (χ0n) is 5.37. The molecule has 0 aliphatic carbocycles. The molecule has 54 valence electrons. The summed E-state index contributed by atoms with van der Waals surface area (Å²) >= 11 is 0. The van der Waals surface area contributed by atoms with E-state index in [0.717, 1.165) is 0 Å². The Kier molecular flexibility index (Phi) is 1.64. The van der Waals surface area contributed by atoms with Crippen LogP contribution in [0.2, 0.25) is 0 Å². The first-order chi connectivity index (χ1) is 4.74. The van der Waals surface area contributed by atoms with Crippen molar-refractivity contribution >= 4 is 11.4 Å². The topological polar surface area (TPSA) is 87.3 Å². The lowest BCUT2D eigenvalue weighted by molar-refractivity contribution is 0.336. The Morgan fingerprint density at radius 2 is 1.90 bits per heavy atom. The Morgan fingerprint density at radius 1 is 1.20 bits per heavy atom. The molecule has 0 radical (unpaired) electrons. The smallest absolute Gasteiger partial charge is 0.171 e. The lowest BCUT2D eigenvalue weighted by Crippen LogP contribution is -2.04. The van der Waals surface area contributed by atoms with Crippen LogP contribution in [0.15, 0.2) is 18.2 Å². The number of hydrogen-bond donors (Lipinski definition) is 3. The van der Waals surface area contributed by atoms with Gasteiger partial charge in [0, 0.05) is 11.8 Å². The summed E-state index contributed by atoms with van der Waals surface area (Å²) < 4.78 is 0. The molecule has 0 aliphatic rings. The first-order valence-electron chi connectivity index (χ1n) is 2.76. The quantitative estimate of drug-likeness (QED) is 0.380. The van der Waals surface area contributed by atoms with E-state index >= 15 is 0 Å². The van der Waals surface area contributed by atoms with Crippen molar-refractivity contribution in [3.63, 3.8) is 0 Å². The lowest BCUT2D eigenvalue weighted by Gasteiger charge is -2.02. The van der Waals surface area contributed by atoms with Crippen LogP contribution in [0, 0.1) is 0 Å². The van der Waals surface area contributed by atoms with Crippen LogP contribution in [-0.2, 0) is 0 Å². The van der Waals surface area contributed by atoms with Gasteiger partial charge in [-0.15, -0.1) is 0 Å². The highest BCUT2D eigenvalue weighted by molar-refractivity contribution is 5.59. The van der Waals surface area contributed by atoms with E-state index in [4.69, 9.17) is 17.4 Å². The summed E-state index contributed by atoms with van der Waals surface area (Å²) in [4.78, 5) is 4.42. The minimum Gasteiger partial charge on any atom is -0.409 e.